The van der Waals surface area contributed by atoms with Gasteiger partial charge in [0.05, 0.1) is 0 Å². The standard InChI is InChI=1S/C9H9BrN2/c10-8-3-1-7(2-4-8)9-11-5-6-12-9/h1-5,9,12H,6H2. The van der Waals surface area contributed by atoms with E-state index in [4.69, 9.17) is 0 Å². The van der Waals surface area contributed by atoms with Gasteiger partial charge in [0.2, 0.25) is 0 Å². The summed E-state index contributed by atoms with van der Waals surface area (Å²) in [5, 5.41) is 3.25. The molecule has 0 spiro atoms. The maximum Gasteiger partial charge on any atom is 0.125 e. The molecule has 3 heteroatoms. The van der Waals surface area contributed by atoms with Gasteiger partial charge in [-0.05, 0) is 17.7 Å². The Hall–Kier alpha value is -0.670. The first-order chi connectivity index (χ1) is 5.86. The van der Waals surface area contributed by atoms with Crippen LogP contribution in [-0.4, -0.2) is 12.8 Å². The van der Waals surface area contributed by atoms with E-state index in [0.717, 1.165) is 11.0 Å². The molecule has 1 aliphatic rings. The number of benzene rings is 1. The predicted molar refractivity (Wildman–Crippen MR) is 53.4 cm³/mol. The van der Waals surface area contributed by atoms with Crippen LogP contribution in [0.3, 0.4) is 0 Å². The summed E-state index contributed by atoms with van der Waals surface area (Å²) in [6, 6.07) is 8.21. The molecule has 1 aromatic rings. The molecule has 1 N–H and O–H groups in total. The zero-order chi connectivity index (χ0) is 8.39. The fraction of sp³-hybridized carbons (Fsp3) is 0.222. The minimum absolute atomic E-state index is 0.165. The maximum absolute atomic E-state index is 4.28. The molecule has 2 nitrogen and oxygen atoms in total. The summed E-state index contributed by atoms with van der Waals surface area (Å²) in [4.78, 5) is 4.28. The van der Waals surface area contributed by atoms with Gasteiger partial charge in [0.25, 0.3) is 0 Å². The van der Waals surface area contributed by atoms with Gasteiger partial charge >= 0.3 is 0 Å². The van der Waals surface area contributed by atoms with Crippen LogP contribution >= 0.6 is 15.9 Å². The summed E-state index contributed by atoms with van der Waals surface area (Å²) >= 11 is 3.40. The Labute approximate surface area is 79.8 Å². The molecule has 0 aromatic heterocycles. The molecular formula is C9H9BrN2. The first-order valence-corrected chi connectivity index (χ1v) is 4.66. The summed E-state index contributed by atoms with van der Waals surface area (Å²) in [5.74, 6) is 0. The minimum Gasteiger partial charge on any atom is -0.287 e. The monoisotopic (exact) mass is 224 g/mol. The highest BCUT2D eigenvalue weighted by atomic mass is 79.9. The average molecular weight is 225 g/mol. The van der Waals surface area contributed by atoms with Crippen LogP contribution in [0.25, 0.3) is 0 Å². The first-order valence-electron chi connectivity index (χ1n) is 3.87. The number of aliphatic imine (C=N–C) groups is 1. The Morgan fingerprint density at radius 2 is 2.08 bits per heavy atom. The number of halogens is 1. The number of rotatable bonds is 1. The maximum atomic E-state index is 4.28. The van der Waals surface area contributed by atoms with Crippen molar-refractivity contribution in [3.05, 3.63) is 34.3 Å². The smallest absolute Gasteiger partial charge is 0.125 e. The third kappa shape index (κ3) is 1.57. The SMILES string of the molecule is Brc1ccc(C2N=CCN2)cc1. The van der Waals surface area contributed by atoms with E-state index < -0.39 is 0 Å². The lowest BCUT2D eigenvalue weighted by molar-refractivity contribution is 0.643. The van der Waals surface area contributed by atoms with E-state index in [1.807, 2.05) is 18.3 Å². The second kappa shape index (κ2) is 3.37. The highest BCUT2D eigenvalue weighted by molar-refractivity contribution is 9.10. The van der Waals surface area contributed by atoms with Crippen LogP contribution in [0, 0.1) is 0 Å². The molecule has 0 saturated heterocycles. The van der Waals surface area contributed by atoms with Gasteiger partial charge in [-0.3, -0.25) is 10.3 Å². The van der Waals surface area contributed by atoms with Crippen molar-refractivity contribution in [1.29, 1.82) is 0 Å². The first kappa shape index (κ1) is 7.95. The van der Waals surface area contributed by atoms with E-state index in [2.05, 4.69) is 38.4 Å². The largest absolute Gasteiger partial charge is 0.287 e. The fourth-order valence-electron chi connectivity index (χ4n) is 1.22. The minimum atomic E-state index is 0.165. The third-order valence-corrected chi connectivity index (χ3v) is 2.37. The van der Waals surface area contributed by atoms with Gasteiger partial charge in [0, 0.05) is 17.2 Å². The molecule has 1 heterocycles. The Morgan fingerprint density at radius 3 is 2.67 bits per heavy atom. The molecule has 62 valence electrons. The van der Waals surface area contributed by atoms with Gasteiger partial charge in [-0.2, -0.15) is 0 Å². The van der Waals surface area contributed by atoms with Crippen molar-refractivity contribution >= 4 is 22.1 Å². The van der Waals surface area contributed by atoms with Crippen LogP contribution < -0.4 is 5.32 Å². The van der Waals surface area contributed by atoms with E-state index in [1.165, 1.54) is 5.56 Å². The van der Waals surface area contributed by atoms with E-state index in [9.17, 15) is 0 Å². The molecule has 1 aromatic carbocycles. The van der Waals surface area contributed by atoms with Crippen molar-refractivity contribution in [2.45, 2.75) is 6.17 Å². The van der Waals surface area contributed by atoms with Crippen LogP contribution in [0.2, 0.25) is 0 Å². The summed E-state index contributed by atoms with van der Waals surface area (Å²) in [6.45, 7) is 0.876. The summed E-state index contributed by atoms with van der Waals surface area (Å²) in [5.41, 5.74) is 1.21. The highest BCUT2D eigenvalue weighted by Gasteiger charge is 2.10. The number of nitrogens with one attached hydrogen (secondary N) is 1. The molecule has 0 aliphatic carbocycles. The zero-order valence-electron chi connectivity index (χ0n) is 6.50. The lowest BCUT2D eigenvalue weighted by Gasteiger charge is -2.07. The van der Waals surface area contributed by atoms with Gasteiger partial charge in [-0.1, -0.05) is 28.1 Å². The molecule has 1 unspecified atom stereocenters. The molecule has 0 saturated carbocycles. The lowest BCUT2D eigenvalue weighted by atomic mass is 10.2. The van der Waals surface area contributed by atoms with Gasteiger partial charge in [0.15, 0.2) is 0 Å². The normalized spacial score (nSPS) is 21.6. The van der Waals surface area contributed by atoms with Gasteiger partial charge in [-0.25, -0.2) is 0 Å². The van der Waals surface area contributed by atoms with E-state index in [-0.39, 0.29) is 6.17 Å². The van der Waals surface area contributed by atoms with Crippen LogP contribution in [0.1, 0.15) is 11.7 Å². The Balaban J connectivity index is 2.23. The average Bonchev–Trinajstić information content (AvgIpc) is 2.58. The Bertz CT molecular complexity index is 292. The number of hydrogen-bond donors (Lipinski definition) is 1. The van der Waals surface area contributed by atoms with Crippen LogP contribution in [0.5, 0.6) is 0 Å². The third-order valence-electron chi connectivity index (χ3n) is 1.84. The lowest BCUT2D eigenvalue weighted by Crippen LogP contribution is -2.13. The van der Waals surface area contributed by atoms with Crippen molar-refractivity contribution in [1.82, 2.24) is 5.32 Å². The van der Waals surface area contributed by atoms with Crippen LogP contribution in [0.15, 0.2) is 33.7 Å². The molecule has 0 amide bonds. The topological polar surface area (TPSA) is 24.4 Å². The van der Waals surface area contributed by atoms with E-state index in [0.29, 0.717) is 0 Å². The fourth-order valence-corrected chi connectivity index (χ4v) is 1.49. The van der Waals surface area contributed by atoms with E-state index in [1.54, 1.807) is 0 Å². The quantitative estimate of drug-likeness (QED) is 0.777. The number of nitrogens with zero attached hydrogens (tertiary/aromatic N) is 1. The van der Waals surface area contributed by atoms with E-state index >= 15 is 0 Å². The van der Waals surface area contributed by atoms with Crippen molar-refractivity contribution < 1.29 is 0 Å². The number of hydrogen-bond acceptors (Lipinski definition) is 2. The molecule has 12 heavy (non-hydrogen) atoms. The molecule has 1 aliphatic heterocycles. The molecule has 2 rings (SSSR count). The second-order valence-electron chi connectivity index (χ2n) is 2.69. The van der Waals surface area contributed by atoms with Crippen molar-refractivity contribution in [3.63, 3.8) is 0 Å². The Morgan fingerprint density at radius 1 is 1.33 bits per heavy atom. The van der Waals surface area contributed by atoms with Gasteiger partial charge in [0.1, 0.15) is 6.17 Å². The molecule has 0 bridgehead atoms. The van der Waals surface area contributed by atoms with Crippen molar-refractivity contribution in [2.24, 2.45) is 4.99 Å². The van der Waals surface area contributed by atoms with Gasteiger partial charge in [-0.15, -0.1) is 0 Å². The van der Waals surface area contributed by atoms with Crippen LogP contribution in [-0.2, 0) is 0 Å². The zero-order valence-corrected chi connectivity index (χ0v) is 8.08. The molecule has 0 fully saturated rings. The predicted octanol–water partition coefficient (Wildman–Crippen LogP) is 2.12. The van der Waals surface area contributed by atoms with Crippen molar-refractivity contribution in [3.8, 4) is 0 Å². The Kier molecular flexibility index (Phi) is 2.23. The second-order valence-corrected chi connectivity index (χ2v) is 3.61. The molecular weight excluding hydrogens is 216 g/mol. The summed E-state index contributed by atoms with van der Waals surface area (Å²) < 4.78 is 1.10. The molecule has 0 radical (unpaired) electrons. The highest BCUT2D eigenvalue weighted by Crippen LogP contribution is 2.18. The van der Waals surface area contributed by atoms with Crippen molar-refractivity contribution in [2.75, 3.05) is 6.54 Å². The summed E-state index contributed by atoms with van der Waals surface area (Å²) in [6.07, 6.45) is 2.07. The van der Waals surface area contributed by atoms with Crippen LogP contribution in [0.4, 0.5) is 0 Å². The van der Waals surface area contributed by atoms with Gasteiger partial charge < -0.3 is 0 Å². The summed E-state index contributed by atoms with van der Waals surface area (Å²) in [7, 11) is 0. The molecule has 1 atom stereocenters.